The summed E-state index contributed by atoms with van der Waals surface area (Å²) < 4.78 is 0. The molecule has 0 bridgehead atoms. The maximum absolute atomic E-state index is 3.49. The zero-order valence-corrected chi connectivity index (χ0v) is 11.6. The van der Waals surface area contributed by atoms with Gasteiger partial charge in [0.25, 0.3) is 0 Å². The topological polar surface area (TPSA) is 15.3 Å². The fraction of sp³-hybridized carbons (Fsp3) is 1.00. The summed E-state index contributed by atoms with van der Waals surface area (Å²) in [4.78, 5) is 2.72. The third kappa shape index (κ3) is 5.31. The summed E-state index contributed by atoms with van der Waals surface area (Å²) in [6, 6.07) is 0.803. The normalized spacial score (nSPS) is 21.6. The fourth-order valence-corrected chi connectivity index (χ4v) is 2.28. The number of nitrogens with one attached hydrogen (secondary N) is 1. The van der Waals surface area contributed by atoms with Gasteiger partial charge in [-0.1, -0.05) is 27.7 Å². The van der Waals surface area contributed by atoms with Crippen LogP contribution in [0.4, 0.5) is 0 Å². The second kappa shape index (κ2) is 7.29. The largest absolute Gasteiger partial charge is 0.315 e. The molecular weight excluding hydrogens is 196 g/mol. The van der Waals surface area contributed by atoms with Crippen LogP contribution in [0.15, 0.2) is 0 Å². The van der Waals surface area contributed by atoms with Crippen LogP contribution in [-0.4, -0.2) is 37.1 Å². The highest BCUT2D eigenvalue weighted by Crippen LogP contribution is 2.13. The van der Waals surface area contributed by atoms with E-state index in [1.165, 1.54) is 45.4 Å². The minimum Gasteiger partial charge on any atom is -0.315 e. The molecule has 1 rings (SSSR count). The van der Waals surface area contributed by atoms with Gasteiger partial charge in [0, 0.05) is 12.6 Å². The average Bonchev–Trinajstić information content (AvgIpc) is 2.70. The van der Waals surface area contributed by atoms with Crippen molar-refractivity contribution in [2.24, 2.45) is 11.8 Å². The van der Waals surface area contributed by atoms with Crippen molar-refractivity contribution < 1.29 is 0 Å². The lowest BCUT2D eigenvalue weighted by Gasteiger charge is -2.29. The van der Waals surface area contributed by atoms with Crippen LogP contribution in [0.5, 0.6) is 0 Å². The van der Waals surface area contributed by atoms with Gasteiger partial charge in [0.1, 0.15) is 0 Å². The Labute approximate surface area is 102 Å². The van der Waals surface area contributed by atoms with Gasteiger partial charge in [-0.05, 0) is 50.7 Å². The van der Waals surface area contributed by atoms with Crippen LogP contribution in [0, 0.1) is 11.8 Å². The van der Waals surface area contributed by atoms with Gasteiger partial charge in [-0.25, -0.2) is 0 Å². The van der Waals surface area contributed by atoms with Crippen molar-refractivity contribution in [1.82, 2.24) is 10.2 Å². The van der Waals surface area contributed by atoms with E-state index in [-0.39, 0.29) is 0 Å². The van der Waals surface area contributed by atoms with Gasteiger partial charge >= 0.3 is 0 Å². The van der Waals surface area contributed by atoms with Crippen LogP contribution in [0.1, 0.15) is 47.0 Å². The Morgan fingerprint density at radius 1 is 1.06 bits per heavy atom. The Hall–Kier alpha value is -0.0800. The highest BCUT2D eigenvalue weighted by atomic mass is 15.2. The first kappa shape index (κ1) is 14.0. The molecule has 0 aromatic rings. The van der Waals surface area contributed by atoms with Crippen molar-refractivity contribution in [3.05, 3.63) is 0 Å². The van der Waals surface area contributed by atoms with E-state index in [2.05, 4.69) is 37.9 Å². The summed E-state index contributed by atoms with van der Waals surface area (Å²) in [5.41, 5.74) is 0. The second-order valence-corrected chi connectivity index (χ2v) is 6.05. The van der Waals surface area contributed by atoms with Crippen LogP contribution >= 0.6 is 0 Å². The van der Waals surface area contributed by atoms with Crippen LogP contribution in [0.2, 0.25) is 0 Å². The first-order valence-corrected chi connectivity index (χ1v) is 7.04. The predicted molar refractivity (Wildman–Crippen MR) is 71.8 cm³/mol. The molecule has 96 valence electrons. The zero-order valence-electron chi connectivity index (χ0n) is 11.6. The van der Waals surface area contributed by atoms with Gasteiger partial charge in [-0.15, -0.1) is 0 Å². The molecule has 1 aliphatic rings. The Balaban J connectivity index is 2.34. The van der Waals surface area contributed by atoms with Crippen molar-refractivity contribution in [2.45, 2.75) is 53.0 Å². The molecule has 1 N–H and O–H groups in total. The third-order valence-electron chi connectivity index (χ3n) is 3.54. The van der Waals surface area contributed by atoms with Crippen molar-refractivity contribution in [3.8, 4) is 0 Å². The monoisotopic (exact) mass is 226 g/mol. The van der Waals surface area contributed by atoms with E-state index in [4.69, 9.17) is 0 Å². The Bertz CT molecular complexity index is 160. The maximum Gasteiger partial charge on any atom is 0.0232 e. The summed E-state index contributed by atoms with van der Waals surface area (Å²) in [5.74, 6) is 1.66. The van der Waals surface area contributed by atoms with Crippen LogP contribution in [-0.2, 0) is 0 Å². The quantitative estimate of drug-likeness (QED) is 0.718. The summed E-state index contributed by atoms with van der Waals surface area (Å²) in [5, 5.41) is 3.49. The summed E-state index contributed by atoms with van der Waals surface area (Å²) in [6.07, 6.45) is 4.03. The lowest BCUT2D eigenvalue weighted by molar-refractivity contribution is 0.187. The predicted octanol–water partition coefficient (Wildman–Crippen LogP) is 2.74. The number of nitrogens with zero attached hydrogens (tertiary/aromatic N) is 1. The molecule has 1 fully saturated rings. The molecule has 1 atom stereocenters. The molecule has 1 heterocycles. The van der Waals surface area contributed by atoms with E-state index in [9.17, 15) is 0 Å². The lowest BCUT2D eigenvalue weighted by Crippen LogP contribution is -2.39. The molecule has 0 aromatic carbocycles. The van der Waals surface area contributed by atoms with Gasteiger partial charge < -0.3 is 5.32 Å². The highest BCUT2D eigenvalue weighted by Gasteiger charge is 2.21. The molecule has 0 radical (unpaired) electrons. The average molecular weight is 226 g/mol. The SMILES string of the molecule is CC(C)CCN(CCC(C)C)C1CCNC1. The third-order valence-corrected chi connectivity index (χ3v) is 3.54. The van der Waals surface area contributed by atoms with E-state index in [1.54, 1.807) is 0 Å². The summed E-state index contributed by atoms with van der Waals surface area (Å²) >= 11 is 0. The molecule has 1 unspecified atom stereocenters. The minimum atomic E-state index is 0.803. The van der Waals surface area contributed by atoms with Gasteiger partial charge in [0.2, 0.25) is 0 Å². The Morgan fingerprint density at radius 2 is 1.62 bits per heavy atom. The van der Waals surface area contributed by atoms with Crippen molar-refractivity contribution >= 4 is 0 Å². The van der Waals surface area contributed by atoms with Crippen LogP contribution in [0.3, 0.4) is 0 Å². The van der Waals surface area contributed by atoms with Gasteiger partial charge in [0.15, 0.2) is 0 Å². The molecule has 0 aromatic heterocycles. The summed E-state index contributed by atoms with van der Waals surface area (Å²) in [7, 11) is 0. The summed E-state index contributed by atoms with van der Waals surface area (Å²) in [6.45, 7) is 14.3. The van der Waals surface area contributed by atoms with Crippen molar-refractivity contribution in [3.63, 3.8) is 0 Å². The zero-order chi connectivity index (χ0) is 12.0. The molecule has 0 saturated carbocycles. The lowest BCUT2D eigenvalue weighted by atomic mass is 10.1. The molecule has 16 heavy (non-hydrogen) atoms. The smallest absolute Gasteiger partial charge is 0.0232 e. The number of hydrogen-bond donors (Lipinski definition) is 1. The molecule has 1 saturated heterocycles. The highest BCUT2D eigenvalue weighted by molar-refractivity contribution is 4.81. The Morgan fingerprint density at radius 3 is 2.00 bits per heavy atom. The van der Waals surface area contributed by atoms with Crippen LogP contribution in [0.25, 0.3) is 0 Å². The van der Waals surface area contributed by atoms with Crippen molar-refractivity contribution in [2.75, 3.05) is 26.2 Å². The molecule has 0 spiro atoms. The number of rotatable bonds is 7. The van der Waals surface area contributed by atoms with E-state index >= 15 is 0 Å². The number of hydrogen-bond acceptors (Lipinski definition) is 2. The molecule has 0 aliphatic carbocycles. The van der Waals surface area contributed by atoms with Gasteiger partial charge in [0.05, 0.1) is 0 Å². The van der Waals surface area contributed by atoms with Crippen molar-refractivity contribution in [1.29, 1.82) is 0 Å². The van der Waals surface area contributed by atoms with Gasteiger partial charge in [-0.2, -0.15) is 0 Å². The molecule has 2 heteroatoms. The molecule has 0 amide bonds. The Kier molecular flexibility index (Phi) is 6.37. The second-order valence-electron chi connectivity index (χ2n) is 6.05. The first-order valence-electron chi connectivity index (χ1n) is 7.04. The standard InChI is InChI=1S/C14H30N2/c1-12(2)6-9-16(10-7-13(3)4)14-5-8-15-11-14/h12-15H,5-11H2,1-4H3. The maximum atomic E-state index is 3.49. The molecule has 1 aliphatic heterocycles. The molecular formula is C14H30N2. The van der Waals surface area contributed by atoms with E-state index < -0.39 is 0 Å². The van der Waals surface area contributed by atoms with E-state index in [0.717, 1.165) is 17.9 Å². The minimum absolute atomic E-state index is 0.803. The molecule has 2 nitrogen and oxygen atoms in total. The van der Waals surface area contributed by atoms with E-state index in [1.807, 2.05) is 0 Å². The van der Waals surface area contributed by atoms with Crippen LogP contribution < -0.4 is 5.32 Å². The fourth-order valence-electron chi connectivity index (χ4n) is 2.28. The van der Waals surface area contributed by atoms with E-state index in [0.29, 0.717) is 0 Å². The van der Waals surface area contributed by atoms with Gasteiger partial charge in [-0.3, -0.25) is 4.90 Å². The first-order chi connectivity index (χ1) is 7.59.